The van der Waals surface area contributed by atoms with E-state index in [0.29, 0.717) is 0 Å². The van der Waals surface area contributed by atoms with Crippen molar-refractivity contribution < 1.29 is 13.3 Å². The number of aromatic nitrogens is 1. The topological polar surface area (TPSA) is 52.0 Å². The Morgan fingerprint density at radius 3 is 2.48 bits per heavy atom. The molecular formula is C15H9ClF2N2O. The van der Waals surface area contributed by atoms with E-state index in [-0.39, 0.29) is 33.3 Å². The van der Waals surface area contributed by atoms with E-state index in [1.807, 2.05) is 0 Å². The summed E-state index contributed by atoms with van der Waals surface area (Å²) in [6, 6.07) is 10.4. The number of nitrogen functional groups attached to an aromatic ring is 1. The van der Waals surface area contributed by atoms with Crippen LogP contribution in [0.1, 0.15) is 0 Å². The largest absolute Gasteiger partial charge is 0.367 e. The molecule has 0 spiro atoms. The van der Waals surface area contributed by atoms with E-state index in [2.05, 4.69) is 5.16 Å². The summed E-state index contributed by atoms with van der Waals surface area (Å²) in [5.41, 5.74) is 6.31. The average molecular weight is 307 g/mol. The van der Waals surface area contributed by atoms with E-state index >= 15 is 0 Å². The van der Waals surface area contributed by atoms with Gasteiger partial charge in [-0.3, -0.25) is 0 Å². The van der Waals surface area contributed by atoms with Crippen molar-refractivity contribution in [1.29, 1.82) is 0 Å². The smallest absolute Gasteiger partial charge is 0.230 e. The lowest BCUT2D eigenvalue weighted by atomic mass is 10.0. The van der Waals surface area contributed by atoms with Gasteiger partial charge in [-0.15, -0.1) is 0 Å². The highest BCUT2D eigenvalue weighted by molar-refractivity contribution is 6.31. The summed E-state index contributed by atoms with van der Waals surface area (Å²) in [6.07, 6.45) is 0. The van der Waals surface area contributed by atoms with E-state index in [4.69, 9.17) is 21.9 Å². The Bertz CT molecular complexity index is 817. The lowest BCUT2D eigenvalue weighted by molar-refractivity contribution is 0.439. The molecule has 0 aliphatic heterocycles. The van der Waals surface area contributed by atoms with Crippen molar-refractivity contribution in [2.75, 3.05) is 5.73 Å². The van der Waals surface area contributed by atoms with Crippen LogP contribution in [-0.2, 0) is 0 Å². The van der Waals surface area contributed by atoms with E-state index in [1.54, 1.807) is 18.2 Å². The van der Waals surface area contributed by atoms with Gasteiger partial charge in [0.25, 0.3) is 0 Å². The van der Waals surface area contributed by atoms with Crippen LogP contribution in [0.4, 0.5) is 14.7 Å². The molecule has 0 amide bonds. The van der Waals surface area contributed by atoms with Crippen molar-refractivity contribution in [1.82, 2.24) is 5.16 Å². The molecule has 3 nitrogen and oxygen atoms in total. The maximum atomic E-state index is 14.1. The first kappa shape index (κ1) is 13.6. The summed E-state index contributed by atoms with van der Waals surface area (Å²) in [5, 5.41) is 3.68. The molecule has 1 aromatic heterocycles. The van der Waals surface area contributed by atoms with Gasteiger partial charge in [-0.2, -0.15) is 0 Å². The zero-order valence-electron chi connectivity index (χ0n) is 10.6. The molecule has 0 radical (unpaired) electrons. The molecule has 2 N–H and O–H groups in total. The monoisotopic (exact) mass is 306 g/mol. The van der Waals surface area contributed by atoms with Crippen LogP contribution in [0.2, 0.25) is 5.02 Å². The molecule has 0 fully saturated rings. The van der Waals surface area contributed by atoms with E-state index in [1.165, 1.54) is 24.3 Å². The van der Waals surface area contributed by atoms with Crippen molar-refractivity contribution in [3.05, 3.63) is 59.1 Å². The van der Waals surface area contributed by atoms with Crippen molar-refractivity contribution >= 4 is 17.5 Å². The number of hydrogen-bond acceptors (Lipinski definition) is 3. The van der Waals surface area contributed by atoms with E-state index in [0.717, 1.165) is 0 Å². The minimum Gasteiger partial charge on any atom is -0.367 e. The first-order chi connectivity index (χ1) is 10.1. The number of nitrogens with two attached hydrogens (primary N) is 1. The number of anilines is 1. The SMILES string of the molecule is Nc1onc(-c2cccc(Cl)c2F)c1-c1ccccc1F. The third-order valence-electron chi connectivity index (χ3n) is 3.07. The Labute approximate surface area is 123 Å². The molecule has 0 saturated carbocycles. The van der Waals surface area contributed by atoms with Gasteiger partial charge in [-0.25, -0.2) is 8.78 Å². The van der Waals surface area contributed by atoms with Crippen LogP contribution in [0.15, 0.2) is 47.0 Å². The fourth-order valence-electron chi connectivity index (χ4n) is 2.10. The maximum Gasteiger partial charge on any atom is 0.230 e. The van der Waals surface area contributed by atoms with Crippen molar-refractivity contribution in [3.63, 3.8) is 0 Å². The Morgan fingerprint density at radius 1 is 1.00 bits per heavy atom. The number of hydrogen-bond donors (Lipinski definition) is 1. The van der Waals surface area contributed by atoms with Crippen LogP contribution in [0.5, 0.6) is 0 Å². The van der Waals surface area contributed by atoms with Gasteiger partial charge >= 0.3 is 0 Å². The van der Waals surface area contributed by atoms with Crippen LogP contribution < -0.4 is 5.73 Å². The van der Waals surface area contributed by atoms with E-state index in [9.17, 15) is 8.78 Å². The molecule has 0 bridgehead atoms. The third kappa shape index (κ3) is 2.25. The summed E-state index contributed by atoms with van der Waals surface area (Å²) in [4.78, 5) is 0. The molecule has 106 valence electrons. The lowest BCUT2D eigenvalue weighted by Gasteiger charge is -2.05. The molecule has 3 aromatic rings. The van der Waals surface area contributed by atoms with Gasteiger partial charge in [0, 0.05) is 11.1 Å². The summed E-state index contributed by atoms with van der Waals surface area (Å²) < 4.78 is 33.0. The molecule has 3 rings (SSSR count). The molecule has 6 heteroatoms. The van der Waals surface area contributed by atoms with Crippen LogP contribution in [0.25, 0.3) is 22.4 Å². The van der Waals surface area contributed by atoms with Crippen LogP contribution in [0.3, 0.4) is 0 Å². The maximum absolute atomic E-state index is 14.1. The molecular weight excluding hydrogens is 298 g/mol. The van der Waals surface area contributed by atoms with Gasteiger partial charge < -0.3 is 10.3 Å². The molecule has 0 aliphatic carbocycles. The molecule has 2 aromatic carbocycles. The number of rotatable bonds is 2. The van der Waals surface area contributed by atoms with Crippen molar-refractivity contribution in [2.24, 2.45) is 0 Å². The van der Waals surface area contributed by atoms with Gasteiger partial charge in [0.2, 0.25) is 5.88 Å². The van der Waals surface area contributed by atoms with Gasteiger partial charge in [-0.1, -0.05) is 41.0 Å². The second-order valence-corrected chi connectivity index (χ2v) is 4.76. The Morgan fingerprint density at radius 2 is 1.71 bits per heavy atom. The predicted octanol–water partition coefficient (Wildman–Crippen LogP) is 4.52. The average Bonchev–Trinajstić information content (AvgIpc) is 2.84. The van der Waals surface area contributed by atoms with Gasteiger partial charge in [0.05, 0.1) is 10.6 Å². The Hall–Kier alpha value is -2.40. The van der Waals surface area contributed by atoms with Crippen LogP contribution >= 0.6 is 11.6 Å². The minimum atomic E-state index is -0.662. The number of nitrogens with zero attached hydrogens (tertiary/aromatic N) is 1. The standard InChI is InChI=1S/C15H9ClF2N2O/c16-10-6-3-5-9(13(10)18)14-12(15(19)21-20-14)8-4-1-2-7-11(8)17/h1-7H,19H2. The van der Waals surface area contributed by atoms with Crippen molar-refractivity contribution in [3.8, 4) is 22.4 Å². The lowest BCUT2D eigenvalue weighted by Crippen LogP contribution is -1.92. The summed E-state index contributed by atoms with van der Waals surface area (Å²) in [5.74, 6) is -1.25. The Balaban J connectivity index is 2.28. The fourth-order valence-corrected chi connectivity index (χ4v) is 2.27. The Kier molecular flexibility index (Phi) is 3.35. The van der Waals surface area contributed by atoms with Crippen LogP contribution in [-0.4, -0.2) is 5.16 Å². The highest BCUT2D eigenvalue weighted by atomic mass is 35.5. The highest BCUT2D eigenvalue weighted by Gasteiger charge is 2.22. The molecule has 0 saturated heterocycles. The zero-order chi connectivity index (χ0) is 15.0. The predicted molar refractivity (Wildman–Crippen MR) is 76.7 cm³/mol. The van der Waals surface area contributed by atoms with Crippen LogP contribution in [0, 0.1) is 11.6 Å². The number of benzene rings is 2. The van der Waals surface area contributed by atoms with Gasteiger partial charge in [0.15, 0.2) is 5.82 Å². The summed E-state index contributed by atoms with van der Waals surface area (Å²) in [6.45, 7) is 0. The quantitative estimate of drug-likeness (QED) is 0.757. The minimum absolute atomic E-state index is 0.0615. The molecule has 0 aliphatic rings. The molecule has 0 unspecified atom stereocenters. The van der Waals surface area contributed by atoms with Gasteiger partial charge in [-0.05, 0) is 18.2 Å². The first-order valence-corrected chi connectivity index (χ1v) is 6.42. The van der Waals surface area contributed by atoms with Gasteiger partial charge in [0.1, 0.15) is 11.5 Å². The van der Waals surface area contributed by atoms with Crippen molar-refractivity contribution in [2.45, 2.75) is 0 Å². The highest BCUT2D eigenvalue weighted by Crippen LogP contribution is 2.39. The molecule has 1 heterocycles. The summed E-state index contributed by atoms with van der Waals surface area (Å²) in [7, 11) is 0. The second kappa shape index (κ2) is 5.18. The first-order valence-electron chi connectivity index (χ1n) is 6.04. The zero-order valence-corrected chi connectivity index (χ0v) is 11.4. The third-order valence-corrected chi connectivity index (χ3v) is 3.36. The van der Waals surface area contributed by atoms with E-state index < -0.39 is 11.6 Å². The normalized spacial score (nSPS) is 10.8. The fraction of sp³-hybridized carbons (Fsp3) is 0. The second-order valence-electron chi connectivity index (χ2n) is 4.35. The summed E-state index contributed by atoms with van der Waals surface area (Å²) >= 11 is 5.76. The molecule has 21 heavy (non-hydrogen) atoms. The molecule has 0 atom stereocenters. The number of halogens is 3.